The molecule has 0 bridgehead atoms. The van der Waals surface area contributed by atoms with Gasteiger partial charge in [-0.1, -0.05) is 12.5 Å². The predicted molar refractivity (Wildman–Crippen MR) is 76.1 cm³/mol. The second kappa shape index (κ2) is 6.52. The predicted octanol–water partition coefficient (Wildman–Crippen LogP) is 2.31. The average Bonchev–Trinajstić information content (AvgIpc) is 2.70. The van der Waals surface area contributed by atoms with Crippen LogP contribution < -0.4 is 10.6 Å². The number of rotatable bonds is 7. The van der Waals surface area contributed by atoms with Crippen LogP contribution in [-0.4, -0.2) is 23.6 Å². The minimum absolute atomic E-state index is 0.311. The van der Waals surface area contributed by atoms with E-state index < -0.39 is 0 Å². The van der Waals surface area contributed by atoms with Gasteiger partial charge in [-0.15, -0.1) is 0 Å². The number of carbonyl (C=O) groups excluding carboxylic acids is 3. The van der Waals surface area contributed by atoms with Crippen molar-refractivity contribution in [3.63, 3.8) is 0 Å². The van der Waals surface area contributed by atoms with E-state index in [1.54, 1.807) is 18.2 Å². The third kappa shape index (κ3) is 3.36. The van der Waals surface area contributed by atoms with Gasteiger partial charge in [-0.05, 0) is 36.6 Å². The Kier molecular flexibility index (Phi) is 4.74. The summed E-state index contributed by atoms with van der Waals surface area (Å²) >= 11 is 5.25. The van der Waals surface area contributed by atoms with Gasteiger partial charge < -0.3 is 5.32 Å². The molecule has 0 saturated carbocycles. The van der Waals surface area contributed by atoms with Gasteiger partial charge >= 0.3 is 0 Å². The molecule has 0 aromatic heterocycles. The molecule has 0 saturated heterocycles. The van der Waals surface area contributed by atoms with Crippen molar-refractivity contribution in [2.75, 3.05) is 11.9 Å². The molecule has 0 aliphatic carbocycles. The molecule has 1 aromatic carbocycles. The summed E-state index contributed by atoms with van der Waals surface area (Å²) in [4.78, 5) is 33.8. The Morgan fingerprint density at radius 2 is 1.95 bits per heavy atom. The number of carbonyl (C=O) groups is 3. The fourth-order valence-electron chi connectivity index (χ4n) is 2.16. The Balaban J connectivity index is 1.87. The molecule has 0 spiro atoms. The zero-order chi connectivity index (χ0) is 14.5. The summed E-state index contributed by atoms with van der Waals surface area (Å²) in [5.41, 5.74) is 1.49. The molecule has 1 aliphatic heterocycles. The highest BCUT2D eigenvalue weighted by molar-refractivity contribution is 6.63. The lowest BCUT2D eigenvalue weighted by Gasteiger charge is -2.09. The van der Waals surface area contributed by atoms with E-state index in [9.17, 15) is 14.4 Å². The van der Waals surface area contributed by atoms with E-state index in [0.29, 0.717) is 29.8 Å². The summed E-state index contributed by atoms with van der Waals surface area (Å²) < 4.78 is 0. The highest BCUT2D eigenvalue weighted by Crippen LogP contribution is 2.24. The zero-order valence-electron chi connectivity index (χ0n) is 10.9. The van der Waals surface area contributed by atoms with Gasteiger partial charge in [0, 0.05) is 18.7 Å². The fourth-order valence-corrected chi connectivity index (χ4v) is 2.29. The number of benzene rings is 1. The number of fused-ring (bicyclic) bond motifs is 1. The number of nitrogens with one attached hydrogen (secondary N) is 2. The summed E-state index contributed by atoms with van der Waals surface area (Å²) in [7, 11) is 0. The maximum absolute atomic E-state index is 11.7. The number of anilines is 1. The number of halogens is 1. The van der Waals surface area contributed by atoms with E-state index >= 15 is 0 Å². The standard InChI is InChI=1S/C14H15ClN2O3/c15-11(18)7-2-1-3-8-16-10-6-4-5-9-12(10)14(20)17-13(9)19/h4-6,16H,1-3,7-8H2,(H,17,19,20). The monoisotopic (exact) mass is 294 g/mol. The van der Waals surface area contributed by atoms with E-state index in [1.807, 2.05) is 0 Å². The number of hydrogen-bond donors (Lipinski definition) is 2. The molecule has 1 heterocycles. The minimum atomic E-state index is -0.360. The topological polar surface area (TPSA) is 75.3 Å². The first-order valence-corrected chi connectivity index (χ1v) is 6.88. The van der Waals surface area contributed by atoms with E-state index in [1.165, 1.54) is 0 Å². The van der Waals surface area contributed by atoms with Crippen molar-refractivity contribution in [2.45, 2.75) is 25.7 Å². The molecule has 0 atom stereocenters. The van der Waals surface area contributed by atoms with Gasteiger partial charge in [0.15, 0.2) is 0 Å². The maximum Gasteiger partial charge on any atom is 0.261 e. The molecule has 2 rings (SSSR count). The quantitative estimate of drug-likeness (QED) is 0.460. The van der Waals surface area contributed by atoms with Crippen LogP contribution in [0.25, 0.3) is 0 Å². The number of hydrogen-bond acceptors (Lipinski definition) is 4. The van der Waals surface area contributed by atoms with E-state index in [4.69, 9.17) is 11.6 Å². The largest absolute Gasteiger partial charge is 0.384 e. The second-order valence-electron chi connectivity index (χ2n) is 4.60. The third-order valence-corrected chi connectivity index (χ3v) is 3.32. The van der Waals surface area contributed by atoms with Crippen molar-refractivity contribution in [1.29, 1.82) is 0 Å². The lowest BCUT2D eigenvalue weighted by Crippen LogP contribution is -2.20. The molecular weight excluding hydrogens is 280 g/mol. The molecule has 0 unspecified atom stereocenters. The third-order valence-electron chi connectivity index (χ3n) is 3.13. The fraction of sp³-hybridized carbons (Fsp3) is 0.357. The molecule has 106 valence electrons. The normalized spacial score (nSPS) is 13.1. The Morgan fingerprint density at radius 1 is 1.15 bits per heavy atom. The van der Waals surface area contributed by atoms with E-state index in [-0.39, 0.29) is 17.1 Å². The first-order chi connectivity index (χ1) is 9.59. The SMILES string of the molecule is O=C(Cl)CCCCCNc1cccc2c1C(=O)NC2=O. The van der Waals surface area contributed by atoms with Gasteiger partial charge in [0.05, 0.1) is 11.1 Å². The average molecular weight is 295 g/mol. The van der Waals surface area contributed by atoms with E-state index in [2.05, 4.69) is 10.6 Å². The Labute approximate surface area is 121 Å². The Bertz CT molecular complexity index is 557. The van der Waals surface area contributed by atoms with Crippen LogP contribution in [-0.2, 0) is 4.79 Å². The highest BCUT2D eigenvalue weighted by atomic mass is 35.5. The van der Waals surface area contributed by atoms with Gasteiger partial charge in [0.1, 0.15) is 0 Å². The molecule has 2 N–H and O–H groups in total. The summed E-state index contributed by atoms with van der Waals surface area (Å²) in [5, 5.41) is 5.12. The highest BCUT2D eigenvalue weighted by Gasteiger charge is 2.28. The minimum Gasteiger partial charge on any atom is -0.384 e. The lowest BCUT2D eigenvalue weighted by atomic mass is 10.1. The lowest BCUT2D eigenvalue weighted by molar-refractivity contribution is -0.111. The van der Waals surface area contributed by atoms with Crippen LogP contribution in [0.4, 0.5) is 5.69 Å². The molecule has 1 aromatic rings. The molecular formula is C14H15ClN2O3. The second-order valence-corrected chi connectivity index (χ2v) is 5.03. The molecule has 5 nitrogen and oxygen atoms in total. The van der Waals surface area contributed by atoms with Gasteiger partial charge in [-0.25, -0.2) is 0 Å². The van der Waals surface area contributed by atoms with Crippen molar-refractivity contribution in [3.8, 4) is 0 Å². The van der Waals surface area contributed by atoms with Crippen LogP contribution in [0.15, 0.2) is 18.2 Å². The van der Waals surface area contributed by atoms with Crippen molar-refractivity contribution >= 4 is 34.3 Å². The van der Waals surface area contributed by atoms with Crippen LogP contribution in [0.2, 0.25) is 0 Å². The van der Waals surface area contributed by atoms with E-state index in [0.717, 1.165) is 19.3 Å². The first-order valence-electron chi connectivity index (χ1n) is 6.50. The van der Waals surface area contributed by atoms with Crippen LogP contribution >= 0.6 is 11.6 Å². The van der Waals surface area contributed by atoms with Gasteiger partial charge in [0.25, 0.3) is 11.8 Å². The summed E-state index contributed by atoms with van der Waals surface area (Å²) in [6.45, 7) is 0.675. The van der Waals surface area contributed by atoms with Gasteiger partial charge in [0.2, 0.25) is 5.24 Å². The van der Waals surface area contributed by atoms with Crippen molar-refractivity contribution < 1.29 is 14.4 Å². The maximum atomic E-state index is 11.7. The smallest absolute Gasteiger partial charge is 0.261 e. The van der Waals surface area contributed by atoms with Crippen molar-refractivity contribution in [2.24, 2.45) is 0 Å². The number of unbranched alkanes of at least 4 members (excludes halogenated alkanes) is 2. The summed E-state index contributed by atoms with van der Waals surface area (Å²) in [6, 6.07) is 5.15. The Hall–Kier alpha value is -1.88. The van der Waals surface area contributed by atoms with Crippen molar-refractivity contribution in [1.82, 2.24) is 5.32 Å². The zero-order valence-corrected chi connectivity index (χ0v) is 11.6. The number of imide groups is 1. The molecule has 1 aliphatic rings. The summed E-state index contributed by atoms with van der Waals surface area (Å²) in [6.07, 6.45) is 2.89. The van der Waals surface area contributed by atoms with Crippen LogP contribution in [0.5, 0.6) is 0 Å². The molecule has 2 amide bonds. The molecule has 0 radical (unpaired) electrons. The van der Waals surface area contributed by atoms with Gasteiger partial charge in [-0.2, -0.15) is 0 Å². The first kappa shape index (κ1) is 14.5. The molecule has 6 heteroatoms. The molecule has 0 fully saturated rings. The summed E-state index contributed by atoms with van der Waals surface area (Å²) in [5.74, 6) is -0.713. The Morgan fingerprint density at radius 3 is 2.70 bits per heavy atom. The molecule has 20 heavy (non-hydrogen) atoms. The number of amides is 2. The van der Waals surface area contributed by atoms with Crippen LogP contribution in [0.1, 0.15) is 46.4 Å². The van der Waals surface area contributed by atoms with Crippen LogP contribution in [0.3, 0.4) is 0 Å². The van der Waals surface area contributed by atoms with Crippen molar-refractivity contribution in [3.05, 3.63) is 29.3 Å². The van der Waals surface area contributed by atoms with Gasteiger partial charge in [-0.3, -0.25) is 19.7 Å². The van der Waals surface area contributed by atoms with Crippen LogP contribution in [0, 0.1) is 0 Å².